The predicted molar refractivity (Wildman–Crippen MR) is 59.9 cm³/mol. The van der Waals surface area contributed by atoms with Crippen molar-refractivity contribution in [1.29, 1.82) is 0 Å². The summed E-state index contributed by atoms with van der Waals surface area (Å²) in [6.45, 7) is 7.42. The molecule has 78 valence electrons. The van der Waals surface area contributed by atoms with Crippen molar-refractivity contribution < 1.29 is 0 Å². The molecule has 0 aliphatic heterocycles. The molecule has 2 fully saturated rings. The van der Waals surface area contributed by atoms with Gasteiger partial charge in [-0.25, -0.2) is 0 Å². The Morgan fingerprint density at radius 2 is 1.64 bits per heavy atom. The second kappa shape index (κ2) is 2.65. The van der Waals surface area contributed by atoms with Gasteiger partial charge in [0.15, 0.2) is 0 Å². The zero-order valence-electron chi connectivity index (χ0n) is 9.66. The molecular weight excluding hydrogens is 168 g/mol. The van der Waals surface area contributed by atoms with Gasteiger partial charge in [-0.15, -0.1) is 0 Å². The molecule has 0 N–H and O–H groups in total. The minimum absolute atomic E-state index is 0.597. The fourth-order valence-corrected chi connectivity index (χ4v) is 4.22. The highest BCUT2D eigenvalue weighted by Crippen LogP contribution is 2.59. The predicted octanol–water partition coefficient (Wildman–Crippen LogP) is 3.88. The summed E-state index contributed by atoms with van der Waals surface area (Å²) in [6.07, 6.45) is 9.47. The maximum Gasteiger partial charge on any atom is -0.0196 e. The van der Waals surface area contributed by atoms with Gasteiger partial charge in [0.1, 0.15) is 0 Å². The molecule has 14 heavy (non-hydrogen) atoms. The molecule has 2 bridgehead atoms. The molecule has 5 atom stereocenters. The number of hydrogen-bond donors (Lipinski definition) is 0. The van der Waals surface area contributed by atoms with Gasteiger partial charge in [-0.3, -0.25) is 0 Å². The van der Waals surface area contributed by atoms with E-state index in [0.717, 1.165) is 29.6 Å². The highest BCUT2D eigenvalue weighted by molar-refractivity contribution is 5.15. The van der Waals surface area contributed by atoms with E-state index < -0.39 is 0 Å². The Bertz CT molecular complexity index is 274. The maximum atomic E-state index is 2.51. The molecule has 2 saturated carbocycles. The van der Waals surface area contributed by atoms with E-state index in [9.17, 15) is 0 Å². The van der Waals surface area contributed by atoms with Gasteiger partial charge in [0.2, 0.25) is 0 Å². The first-order chi connectivity index (χ1) is 6.58. The van der Waals surface area contributed by atoms with Crippen LogP contribution in [0.4, 0.5) is 0 Å². The fraction of sp³-hybridized carbons (Fsp3) is 0.857. The first-order valence-corrected chi connectivity index (χ1v) is 6.26. The summed E-state index contributed by atoms with van der Waals surface area (Å²) in [5, 5.41) is 0. The third-order valence-electron chi connectivity index (χ3n) is 5.52. The SMILES string of the molecule is CC1CC2C3C=CC(C3)C2CC1(C)C. The van der Waals surface area contributed by atoms with Gasteiger partial charge >= 0.3 is 0 Å². The van der Waals surface area contributed by atoms with Crippen LogP contribution in [-0.2, 0) is 0 Å². The fourth-order valence-electron chi connectivity index (χ4n) is 4.22. The van der Waals surface area contributed by atoms with Gasteiger partial charge in [-0.2, -0.15) is 0 Å². The quantitative estimate of drug-likeness (QED) is 0.508. The molecule has 3 aliphatic carbocycles. The zero-order valence-corrected chi connectivity index (χ0v) is 9.66. The monoisotopic (exact) mass is 190 g/mol. The van der Waals surface area contributed by atoms with E-state index in [4.69, 9.17) is 0 Å². The van der Waals surface area contributed by atoms with Gasteiger partial charge in [-0.1, -0.05) is 32.9 Å². The van der Waals surface area contributed by atoms with Crippen molar-refractivity contribution in [3.63, 3.8) is 0 Å². The molecule has 0 saturated heterocycles. The van der Waals surface area contributed by atoms with E-state index in [2.05, 4.69) is 32.9 Å². The highest BCUT2D eigenvalue weighted by Gasteiger charge is 2.50. The van der Waals surface area contributed by atoms with Crippen LogP contribution >= 0.6 is 0 Å². The van der Waals surface area contributed by atoms with E-state index in [1.54, 1.807) is 0 Å². The molecule has 0 heteroatoms. The summed E-state index contributed by atoms with van der Waals surface area (Å²) in [7, 11) is 0. The van der Waals surface area contributed by atoms with E-state index >= 15 is 0 Å². The van der Waals surface area contributed by atoms with Gasteiger partial charge in [0.25, 0.3) is 0 Å². The summed E-state index contributed by atoms with van der Waals surface area (Å²) in [6, 6.07) is 0. The minimum Gasteiger partial charge on any atom is -0.0848 e. The van der Waals surface area contributed by atoms with Crippen LogP contribution < -0.4 is 0 Å². The lowest BCUT2D eigenvalue weighted by Crippen LogP contribution is -2.37. The van der Waals surface area contributed by atoms with Crippen LogP contribution in [0.15, 0.2) is 12.2 Å². The normalized spacial score (nSPS) is 53.5. The van der Waals surface area contributed by atoms with Crippen molar-refractivity contribution in [1.82, 2.24) is 0 Å². The Morgan fingerprint density at radius 1 is 1.00 bits per heavy atom. The molecule has 0 amide bonds. The smallest absolute Gasteiger partial charge is 0.0196 e. The van der Waals surface area contributed by atoms with E-state index in [0.29, 0.717) is 5.41 Å². The van der Waals surface area contributed by atoms with Crippen LogP contribution in [0, 0.1) is 35.0 Å². The van der Waals surface area contributed by atoms with Crippen molar-refractivity contribution in [2.24, 2.45) is 35.0 Å². The molecule has 0 radical (unpaired) electrons. The lowest BCUT2D eigenvalue weighted by atomic mass is 9.59. The molecule has 0 aromatic heterocycles. The molecule has 0 heterocycles. The van der Waals surface area contributed by atoms with Crippen LogP contribution in [-0.4, -0.2) is 0 Å². The van der Waals surface area contributed by atoms with Crippen molar-refractivity contribution in [3.05, 3.63) is 12.2 Å². The Labute approximate surface area is 87.8 Å². The van der Waals surface area contributed by atoms with Gasteiger partial charge in [0.05, 0.1) is 0 Å². The average molecular weight is 190 g/mol. The standard InChI is InChI=1S/C14H22/c1-9-6-12-10-4-5-11(7-10)13(12)8-14(9,2)3/h4-5,9-13H,6-8H2,1-3H3. The molecule has 0 nitrogen and oxygen atoms in total. The third kappa shape index (κ3) is 1.06. The lowest BCUT2D eigenvalue weighted by molar-refractivity contribution is 0.0513. The molecule has 5 unspecified atom stereocenters. The molecule has 0 spiro atoms. The topological polar surface area (TPSA) is 0 Å². The molecule has 3 aliphatic rings. The molecule has 0 aromatic rings. The maximum absolute atomic E-state index is 2.51. The second-order valence-electron chi connectivity index (χ2n) is 6.61. The van der Waals surface area contributed by atoms with Crippen LogP contribution in [0.2, 0.25) is 0 Å². The average Bonchev–Trinajstić information content (AvgIpc) is 2.66. The first kappa shape index (κ1) is 9.00. The van der Waals surface area contributed by atoms with Crippen molar-refractivity contribution in [2.45, 2.75) is 40.0 Å². The van der Waals surface area contributed by atoms with Gasteiger partial charge in [-0.05, 0) is 54.3 Å². The molecule has 0 aromatic carbocycles. The Balaban J connectivity index is 1.88. The summed E-state index contributed by atoms with van der Waals surface area (Å²) < 4.78 is 0. The number of rotatable bonds is 0. The van der Waals surface area contributed by atoms with Crippen molar-refractivity contribution in [2.75, 3.05) is 0 Å². The summed E-state index contributed by atoms with van der Waals surface area (Å²) in [5.41, 5.74) is 0.597. The summed E-state index contributed by atoms with van der Waals surface area (Å²) >= 11 is 0. The van der Waals surface area contributed by atoms with Crippen LogP contribution in [0.1, 0.15) is 40.0 Å². The van der Waals surface area contributed by atoms with E-state index in [1.807, 2.05) is 0 Å². The summed E-state index contributed by atoms with van der Waals surface area (Å²) in [5.74, 6) is 4.93. The molecule has 3 rings (SSSR count). The van der Waals surface area contributed by atoms with Crippen molar-refractivity contribution >= 4 is 0 Å². The number of hydrogen-bond acceptors (Lipinski definition) is 0. The number of fused-ring (bicyclic) bond motifs is 5. The highest BCUT2D eigenvalue weighted by atomic mass is 14.6. The van der Waals surface area contributed by atoms with Gasteiger partial charge < -0.3 is 0 Å². The van der Waals surface area contributed by atoms with E-state index in [-0.39, 0.29) is 0 Å². The lowest BCUT2D eigenvalue weighted by Gasteiger charge is -2.46. The minimum atomic E-state index is 0.597. The Hall–Kier alpha value is -0.260. The van der Waals surface area contributed by atoms with Crippen molar-refractivity contribution in [3.8, 4) is 0 Å². The largest absolute Gasteiger partial charge is 0.0848 e. The van der Waals surface area contributed by atoms with Crippen LogP contribution in [0.25, 0.3) is 0 Å². The molecular formula is C14H22. The first-order valence-electron chi connectivity index (χ1n) is 6.26. The third-order valence-corrected chi connectivity index (χ3v) is 5.52. The second-order valence-corrected chi connectivity index (χ2v) is 6.61. The van der Waals surface area contributed by atoms with Gasteiger partial charge in [0, 0.05) is 0 Å². The van der Waals surface area contributed by atoms with Crippen LogP contribution in [0.5, 0.6) is 0 Å². The Kier molecular flexibility index (Phi) is 1.70. The Morgan fingerprint density at radius 3 is 2.36 bits per heavy atom. The zero-order chi connectivity index (χ0) is 9.92. The van der Waals surface area contributed by atoms with E-state index in [1.165, 1.54) is 19.3 Å². The number of allylic oxidation sites excluding steroid dienone is 2. The summed E-state index contributed by atoms with van der Waals surface area (Å²) in [4.78, 5) is 0. The van der Waals surface area contributed by atoms with Crippen LogP contribution in [0.3, 0.4) is 0 Å².